The van der Waals surface area contributed by atoms with Crippen LogP contribution in [0, 0.1) is 3.57 Å². The minimum atomic E-state index is -0.0738. The van der Waals surface area contributed by atoms with Gasteiger partial charge >= 0.3 is 0 Å². The van der Waals surface area contributed by atoms with Crippen LogP contribution in [-0.4, -0.2) is 22.7 Å². The first-order valence-electron chi connectivity index (χ1n) is 7.20. The van der Waals surface area contributed by atoms with E-state index in [4.69, 9.17) is 4.74 Å². The Balaban J connectivity index is 1.92. The molecular formula is C16H17IN2O2. The molecule has 1 aliphatic rings. The van der Waals surface area contributed by atoms with Crippen LogP contribution in [0.1, 0.15) is 25.1 Å². The highest BCUT2D eigenvalue weighted by atomic mass is 127. The molecule has 21 heavy (non-hydrogen) atoms. The van der Waals surface area contributed by atoms with Crippen molar-refractivity contribution in [2.75, 3.05) is 6.61 Å². The van der Waals surface area contributed by atoms with Gasteiger partial charge in [-0.2, -0.15) is 0 Å². The molecule has 1 aromatic carbocycles. The van der Waals surface area contributed by atoms with Crippen molar-refractivity contribution in [2.24, 2.45) is 0 Å². The van der Waals surface area contributed by atoms with Crippen LogP contribution in [0.5, 0.6) is 0 Å². The lowest BCUT2D eigenvalue weighted by Crippen LogP contribution is -2.25. The third-order valence-corrected chi connectivity index (χ3v) is 4.65. The van der Waals surface area contributed by atoms with E-state index in [1.54, 1.807) is 0 Å². The number of aromatic nitrogens is 2. The Hall–Kier alpha value is -1.21. The molecule has 1 unspecified atom stereocenters. The molecule has 0 radical (unpaired) electrons. The minimum absolute atomic E-state index is 0.0738. The highest BCUT2D eigenvalue weighted by molar-refractivity contribution is 14.1. The smallest absolute Gasteiger partial charge is 0.264 e. The Morgan fingerprint density at radius 1 is 1.29 bits per heavy atom. The van der Waals surface area contributed by atoms with Gasteiger partial charge < -0.3 is 9.72 Å². The summed E-state index contributed by atoms with van der Waals surface area (Å²) < 4.78 is 6.37. The van der Waals surface area contributed by atoms with Gasteiger partial charge in [0.25, 0.3) is 5.56 Å². The van der Waals surface area contributed by atoms with Crippen molar-refractivity contribution in [3.8, 4) is 11.3 Å². The Kier molecular flexibility index (Phi) is 4.70. The molecule has 1 aromatic heterocycles. The van der Waals surface area contributed by atoms with E-state index in [1.165, 1.54) is 6.42 Å². The molecule has 0 saturated carbocycles. The second-order valence-corrected chi connectivity index (χ2v) is 6.31. The van der Waals surface area contributed by atoms with Crippen molar-refractivity contribution in [1.29, 1.82) is 0 Å². The zero-order valence-electron chi connectivity index (χ0n) is 11.6. The first kappa shape index (κ1) is 14.7. The van der Waals surface area contributed by atoms with Gasteiger partial charge in [-0.15, -0.1) is 0 Å². The number of benzene rings is 1. The number of hydrogen-bond donors (Lipinski definition) is 1. The van der Waals surface area contributed by atoms with Gasteiger partial charge in [0.2, 0.25) is 0 Å². The molecule has 5 heteroatoms. The van der Waals surface area contributed by atoms with Crippen LogP contribution in [0.15, 0.2) is 35.1 Å². The van der Waals surface area contributed by atoms with Gasteiger partial charge in [0.1, 0.15) is 9.39 Å². The van der Waals surface area contributed by atoms with Crippen LogP contribution < -0.4 is 5.56 Å². The Morgan fingerprint density at radius 2 is 2.10 bits per heavy atom. The molecule has 1 fully saturated rings. The van der Waals surface area contributed by atoms with Gasteiger partial charge in [-0.1, -0.05) is 30.3 Å². The lowest BCUT2D eigenvalue weighted by molar-refractivity contribution is 0.0156. The average molecular weight is 396 g/mol. The summed E-state index contributed by atoms with van der Waals surface area (Å²) in [6.07, 6.45) is 4.20. The van der Waals surface area contributed by atoms with Crippen molar-refractivity contribution >= 4 is 22.6 Å². The summed E-state index contributed by atoms with van der Waals surface area (Å²) >= 11 is 2.06. The largest absolute Gasteiger partial charge is 0.378 e. The normalized spacial score (nSPS) is 18.6. The topological polar surface area (TPSA) is 55.0 Å². The van der Waals surface area contributed by atoms with Gasteiger partial charge in [0, 0.05) is 18.6 Å². The van der Waals surface area contributed by atoms with E-state index in [0.717, 1.165) is 30.7 Å². The first-order valence-corrected chi connectivity index (χ1v) is 8.27. The Labute approximate surface area is 137 Å². The third kappa shape index (κ3) is 3.52. The number of nitrogens with one attached hydrogen (secondary N) is 1. The third-order valence-electron chi connectivity index (χ3n) is 3.65. The molecule has 1 N–H and O–H groups in total. The predicted molar refractivity (Wildman–Crippen MR) is 90.3 cm³/mol. The number of halogens is 1. The standard InChI is InChI=1S/C16H17IN2O2/c17-14-15(11-6-2-1-3-7-11)18-13(19-16(14)20)10-12-8-4-5-9-21-12/h1-3,6-7,12H,4-5,8-10H2,(H,18,19,20). The molecular weight excluding hydrogens is 379 g/mol. The number of aromatic amines is 1. The van der Waals surface area contributed by atoms with E-state index in [0.29, 0.717) is 15.8 Å². The van der Waals surface area contributed by atoms with Crippen LogP contribution >= 0.6 is 22.6 Å². The quantitative estimate of drug-likeness (QED) is 0.812. The molecule has 1 saturated heterocycles. The van der Waals surface area contributed by atoms with Crippen molar-refractivity contribution < 1.29 is 4.74 Å². The fourth-order valence-corrected chi connectivity index (χ4v) is 3.14. The van der Waals surface area contributed by atoms with Crippen LogP contribution in [-0.2, 0) is 11.2 Å². The van der Waals surface area contributed by atoms with Gasteiger partial charge in [0.15, 0.2) is 0 Å². The maximum atomic E-state index is 12.1. The average Bonchev–Trinajstić information content (AvgIpc) is 2.52. The van der Waals surface area contributed by atoms with Crippen molar-refractivity contribution in [3.63, 3.8) is 0 Å². The van der Waals surface area contributed by atoms with Gasteiger partial charge in [-0.25, -0.2) is 4.98 Å². The van der Waals surface area contributed by atoms with Gasteiger partial charge in [-0.05, 0) is 41.9 Å². The molecule has 0 amide bonds. The molecule has 2 aromatic rings. The fraction of sp³-hybridized carbons (Fsp3) is 0.375. The number of H-pyrrole nitrogens is 1. The molecule has 0 bridgehead atoms. The zero-order valence-corrected chi connectivity index (χ0v) is 13.8. The number of nitrogens with zero attached hydrogens (tertiary/aromatic N) is 1. The summed E-state index contributed by atoms with van der Waals surface area (Å²) in [5, 5.41) is 0. The summed E-state index contributed by atoms with van der Waals surface area (Å²) in [7, 11) is 0. The van der Waals surface area contributed by atoms with E-state index in [-0.39, 0.29) is 11.7 Å². The van der Waals surface area contributed by atoms with Gasteiger partial charge in [-0.3, -0.25) is 4.79 Å². The summed E-state index contributed by atoms with van der Waals surface area (Å²) in [6, 6.07) is 9.83. The summed E-state index contributed by atoms with van der Waals surface area (Å²) in [5.74, 6) is 0.714. The van der Waals surface area contributed by atoms with Crippen molar-refractivity contribution in [1.82, 2.24) is 9.97 Å². The van der Waals surface area contributed by atoms with E-state index in [9.17, 15) is 4.79 Å². The number of ether oxygens (including phenoxy) is 1. The van der Waals surface area contributed by atoms with Crippen LogP contribution in [0.4, 0.5) is 0 Å². The predicted octanol–water partition coefficient (Wildman–Crippen LogP) is 3.15. The summed E-state index contributed by atoms with van der Waals surface area (Å²) in [4.78, 5) is 19.7. The minimum Gasteiger partial charge on any atom is -0.378 e. The number of rotatable bonds is 3. The van der Waals surface area contributed by atoms with Crippen molar-refractivity contribution in [3.05, 3.63) is 50.1 Å². The summed E-state index contributed by atoms with van der Waals surface area (Å²) in [5.41, 5.74) is 1.65. The fourth-order valence-electron chi connectivity index (χ4n) is 2.57. The second kappa shape index (κ2) is 6.70. The highest BCUT2D eigenvalue weighted by Gasteiger charge is 2.17. The Bertz CT molecular complexity index is 664. The monoisotopic (exact) mass is 396 g/mol. The molecule has 0 aliphatic carbocycles. The van der Waals surface area contributed by atoms with Crippen LogP contribution in [0.3, 0.4) is 0 Å². The Morgan fingerprint density at radius 3 is 2.81 bits per heavy atom. The second-order valence-electron chi connectivity index (χ2n) is 5.23. The van der Waals surface area contributed by atoms with E-state index in [1.807, 2.05) is 30.3 Å². The molecule has 1 atom stereocenters. The van der Waals surface area contributed by atoms with Crippen molar-refractivity contribution in [2.45, 2.75) is 31.8 Å². The maximum absolute atomic E-state index is 12.1. The van der Waals surface area contributed by atoms with E-state index < -0.39 is 0 Å². The zero-order chi connectivity index (χ0) is 14.7. The summed E-state index contributed by atoms with van der Waals surface area (Å²) in [6.45, 7) is 0.810. The molecule has 1 aliphatic heterocycles. The van der Waals surface area contributed by atoms with Gasteiger partial charge in [0.05, 0.1) is 11.8 Å². The molecule has 110 valence electrons. The van der Waals surface area contributed by atoms with E-state index >= 15 is 0 Å². The van der Waals surface area contributed by atoms with Crippen LogP contribution in [0.2, 0.25) is 0 Å². The molecule has 4 nitrogen and oxygen atoms in total. The molecule has 0 spiro atoms. The lowest BCUT2D eigenvalue weighted by Gasteiger charge is -2.22. The number of hydrogen-bond acceptors (Lipinski definition) is 3. The van der Waals surface area contributed by atoms with E-state index in [2.05, 4.69) is 32.6 Å². The lowest BCUT2D eigenvalue weighted by atomic mass is 10.1. The first-order chi connectivity index (χ1) is 10.2. The SMILES string of the molecule is O=c1[nH]c(CC2CCCCO2)nc(-c2ccccc2)c1I. The molecule has 2 heterocycles. The maximum Gasteiger partial charge on any atom is 0.264 e. The molecule has 3 rings (SSSR count). The van der Waals surface area contributed by atoms with Crippen LogP contribution in [0.25, 0.3) is 11.3 Å². The highest BCUT2D eigenvalue weighted by Crippen LogP contribution is 2.21.